The molecule has 1 aromatic heterocycles. The SMILES string of the molecule is CCCn1ncnc1CC(CN)(c1ccccc1)C(C)O. The minimum Gasteiger partial charge on any atom is -0.392 e. The molecule has 0 saturated heterocycles. The number of aliphatic hydroxyl groups is 1. The number of aryl methyl sites for hydroxylation is 1. The molecule has 1 heterocycles. The number of hydrogen-bond acceptors (Lipinski definition) is 4. The Bertz CT molecular complexity index is 552. The van der Waals surface area contributed by atoms with Gasteiger partial charge in [-0.2, -0.15) is 5.10 Å². The molecule has 0 spiro atoms. The van der Waals surface area contributed by atoms with Gasteiger partial charge < -0.3 is 10.8 Å². The predicted molar refractivity (Wildman–Crippen MR) is 82.9 cm³/mol. The molecule has 0 fully saturated rings. The van der Waals surface area contributed by atoms with E-state index >= 15 is 0 Å². The molecule has 0 radical (unpaired) electrons. The third kappa shape index (κ3) is 3.14. The van der Waals surface area contributed by atoms with Crippen LogP contribution in [0.4, 0.5) is 0 Å². The topological polar surface area (TPSA) is 77.0 Å². The molecule has 0 amide bonds. The van der Waals surface area contributed by atoms with E-state index in [9.17, 15) is 5.11 Å². The van der Waals surface area contributed by atoms with Crippen LogP contribution in [0.5, 0.6) is 0 Å². The normalized spacial score (nSPS) is 15.6. The highest BCUT2D eigenvalue weighted by atomic mass is 16.3. The fourth-order valence-corrected chi connectivity index (χ4v) is 2.73. The van der Waals surface area contributed by atoms with Crippen LogP contribution in [-0.4, -0.2) is 32.5 Å². The van der Waals surface area contributed by atoms with E-state index in [1.165, 1.54) is 0 Å². The first kappa shape index (κ1) is 15.7. The molecular formula is C16H24N4O. The third-order valence-corrected chi connectivity index (χ3v) is 4.12. The Kier molecular flexibility index (Phi) is 5.09. The molecule has 0 aliphatic carbocycles. The molecule has 1 aromatic carbocycles. The average Bonchev–Trinajstić information content (AvgIpc) is 2.93. The van der Waals surface area contributed by atoms with Crippen molar-refractivity contribution in [2.24, 2.45) is 5.73 Å². The lowest BCUT2D eigenvalue weighted by molar-refractivity contribution is 0.0979. The number of aromatic nitrogens is 3. The molecule has 5 nitrogen and oxygen atoms in total. The highest BCUT2D eigenvalue weighted by Crippen LogP contribution is 2.31. The second kappa shape index (κ2) is 6.83. The number of rotatable bonds is 7. The summed E-state index contributed by atoms with van der Waals surface area (Å²) in [4.78, 5) is 4.36. The number of nitrogens with zero attached hydrogens (tertiary/aromatic N) is 3. The quantitative estimate of drug-likeness (QED) is 0.809. The number of nitrogens with two attached hydrogens (primary N) is 1. The van der Waals surface area contributed by atoms with Crippen molar-refractivity contribution in [2.75, 3.05) is 6.54 Å². The van der Waals surface area contributed by atoms with E-state index in [2.05, 4.69) is 17.0 Å². The monoisotopic (exact) mass is 288 g/mol. The Hall–Kier alpha value is -1.72. The summed E-state index contributed by atoms with van der Waals surface area (Å²) in [5, 5.41) is 14.7. The van der Waals surface area contributed by atoms with Crippen LogP contribution in [0.25, 0.3) is 0 Å². The van der Waals surface area contributed by atoms with Gasteiger partial charge >= 0.3 is 0 Å². The van der Waals surface area contributed by atoms with Crippen LogP contribution in [0, 0.1) is 0 Å². The van der Waals surface area contributed by atoms with Crippen LogP contribution < -0.4 is 5.73 Å². The summed E-state index contributed by atoms with van der Waals surface area (Å²) >= 11 is 0. The van der Waals surface area contributed by atoms with E-state index in [1.54, 1.807) is 13.3 Å². The predicted octanol–water partition coefficient (Wildman–Crippen LogP) is 1.51. The molecule has 114 valence electrons. The van der Waals surface area contributed by atoms with Gasteiger partial charge in [0.25, 0.3) is 0 Å². The first-order valence-corrected chi connectivity index (χ1v) is 7.44. The maximum absolute atomic E-state index is 10.4. The number of hydrogen-bond donors (Lipinski definition) is 2. The van der Waals surface area contributed by atoms with Crippen LogP contribution in [0.15, 0.2) is 36.7 Å². The van der Waals surface area contributed by atoms with Gasteiger partial charge in [0.2, 0.25) is 0 Å². The van der Waals surface area contributed by atoms with Crippen molar-refractivity contribution in [1.29, 1.82) is 0 Å². The van der Waals surface area contributed by atoms with Gasteiger partial charge in [0, 0.05) is 24.9 Å². The molecular weight excluding hydrogens is 264 g/mol. The van der Waals surface area contributed by atoms with E-state index in [-0.39, 0.29) is 0 Å². The van der Waals surface area contributed by atoms with E-state index in [0.717, 1.165) is 24.4 Å². The number of benzene rings is 1. The minimum absolute atomic E-state index is 0.355. The molecule has 3 N–H and O–H groups in total. The van der Waals surface area contributed by atoms with Crippen molar-refractivity contribution in [3.8, 4) is 0 Å². The molecule has 0 bridgehead atoms. The van der Waals surface area contributed by atoms with Crippen molar-refractivity contribution in [2.45, 2.75) is 44.8 Å². The summed E-state index contributed by atoms with van der Waals surface area (Å²) in [6, 6.07) is 9.93. The molecule has 2 rings (SSSR count). The molecule has 2 atom stereocenters. The van der Waals surface area contributed by atoms with Gasteiger partial charge in [-0.15, -0.1) is 0 Å². The fraction of sp³-hybridized carbons (Fsp3) is 0.500. The van der Waals surface area contributed by atoms with Gasteiger partial charge in [0.05, 0.1) is 6.10 Å². The zero-order valence-corrected chi connectivity index (χ0v) is 12.7. The van der Waals surface area contributed by atoms with E-state index in [1.807, 2.05) is 35.0 Å². The molecule has 0 aliphatic rings. The summed E-state index contributed by atoms with van der Waals surface area (Å²) in [7, 11) is 0. The van der Waals surface area contributed by atoms with E-state index in [0.29, 0.717) is 13.0 Å². The first-order chi connectivity index (χ1) is 10.1. The van der Waals surface area contributed by atoms with Gasteiger partial charge in [0.15, 0.2) is 0 Å². The van der Waals surface area contributed by atoms with Crippen LogP contribution in [0.3, 0.4) is 0 Å². The van der Waals surface area contributed by atoms with Gasteiger partial charge in [-0.05, 0) is 18.9 Å². The second-order valence-electron chi connectivity index (χ2n) is 5.48. The van der Waals surface area contributed by atoms with Gasteiger partial charge in [-0.3, -0.25) is 4.68 Å². The molecule has 2 aromatic rings. The molecule has 0 saturated carbocycles. The highest BCUT2D eigenvalue weighted by molar-refractivity contribution is 5.29. The smallest absolute Gasteiger partial charge is 0.138 e. The second-order valence-corrected chi connectivity index (χ2v) is 5.48. The maximum atomic E-state index is 10.4. The average molecular weight is 288 g/mol. The molecule has 5 heteroatoms. The van der Waals surface area contributed by atoms with Gasteiger partial charge in [0.1, 0.15) is 12.2 Å². The van der Waals surface area contributed by atoms with Gasteiger partial charge in [-0.25, -0.2) is 4.98 Å². The van der Waals surface area contributed by atoms with Crippen molar-refractivity contribution < 1.29 is 5.11 Å². The van der Waals surface area contributed by atoms with Crippen LogP contribution in [-0.2, 0) is 18.4 Å². The van der Waals surface area contributed by atoms with Crippen molar-refractivity contribution in [1.82, 2.24) is 14.8 Å². The molecule has 21 heavy (non-hydrogen) atoms. The van der Waals surface area contributed by atoms with Gasteiger partial charge in [-0.1, -0.05) is 37.3 Å². The van der Waals surface area contributed by atoms with Crippen molar-refractivity contribution in [3.63, 3.8) is 0 Å². The third-order valence-electron chi connectivity index (χ3n) is 4.12. The van der Waals surface area contributed by atoms with Crippen LogP contribution in [0.2, 0.25) is 0 Å². The lowest BCUT2D eigenvalue weighted by Crippen LogP contribution is -2.47. The lowest BCUT2D eigenvalue weighted by Gasteiger charge is -2.35. The Morgan fingerprint density at radius 1 is 1.33 bits per heavy atom. The first-order valence-electron chi connectivity index (χ1n) is 7.44. The van der Waals surface area contributed by atoms with E-state index in [4.69, 9.17) is 5.73 Å². The Balaban J connectivity index is 2.39. The summed E-state index contributed by atoms with van der Waals surface area (Å²) < 4.78 is 1.90. The Labute approximate surface area is 125 Å². The summed E-state index contributed by atoms with van der Waals surface area (Å²) in [6.07, 6.45) is 2.56. The maximum Gasteiger partial charge on any atom is 0.138 e. The largest absolute Gasteiger partial charge is 0.392 e. The minimum atomic E-state index is -0.573. The molecule has 2 unspecified atom stereocenters. The van der Waals surface area contributed by atoms with Crippen LogP contribution >= 0.6 is 0 Å². The standard InChI is InChI=1S/C16H24N4O/c1-3-9-20-15(18-12-19-20)10-16(11-17,13(2)21)14-7-5-4-6-8-14/h4-8,12-13,21H,3,9-11,17H2,1-2H3. The van der Waals surface area contributed by atoms with Crippen LogP contribution in [0.1, 0.15) is 31.7 Å². The Morgan fingerprint density at radius 3 is 2.62 bits per heavy atom. The Morgan fingerprint density at radius 2 is 2.05 bits per heavy atom. The van der Waals surface area contributed by atoms with E-state index < -0.39 is 11.5 Å². The summed E-state index contributed by atoms with van der Waals surface area (Å²) in [6.45, 7) is 5.08. The van der Waals surface area contributed by atoms with Crippen molar-refractivity contribution in [3.05, 3.63) is 48.0 Å². The summed E-state index contributed by atoms with van der Waals surface area (Å²) in [5.41, 5.74) is 6.56. The highest BCUT2D eigenvalue weighted by Gasteiger charge is 2.37. The molecule has 0 aliphatic heterocycles. The fourth-order valence-electron chi connectivity index (χ4n) is 2.73. The summed E-state index contributed by atoms with van der Waals surface area (Å²) in [5.74, 6) is 0.868. The number of aliphatic hydroxyl groups excluding tert-OH is 1. The zero-order chi connectivity index (χ0) is 15.3. The zero-order valence-electron chi connectivity index (χ0n) is 12.7. The van der Waals surface area contributed by atoms with Crippen molar-refractivity contribution >= 4 is 0 Å². The lowest BCUT2D eigenvalue weighted by atomic mass is 9.73.